The van der Waals surface area contributed by atoms with Crippen LogP contribution in [0.4, 0.5) is 4.39 Å². The van der Waals surface area contributed by atoms with Crippen LogP contribution in [0.3, 0.4) is 0 Å². The van der Waals surface area contributed by atoms with Crippen molar-refractivity contribution in [3.63, 3.8) is 0 Å². The van der Waals surface area contributed by atoms with Crippen molar-refractivity contribution in [3.8, 4) is 0 Å². The Hall–Kier alpha value is -1.40. The number of hydrogen-bond acceptors (Lipinski definition) is 2. The molecule has 6 heteroatoms. The van der Waals surface area contributed by atoms with Crippen LogP contribution in [0.5, 0.6) is 0 Å². The van der Waals surface area contributed by atoms with E-state index in [1.807, 2.05) is 0 Å². The zero-order chi connectivity index (χ0) is 13.6. The molecular weight excluding hydrogens is 267 g/mol. The number of rotatable bonds is 2. The molecule has 1 aliphatic carbocycles. The lowest BCUT2D eigenvalue weighted by Gasteiger charge is -2.22. The van der Waals surface area contributed by atoms with Gasteiger partial charge in [-0.15, -0.1) is 0 Å². The second-order valence-corrected chi connectivity index (χ2v) is 6.88. The number of aromatic nitrogens is 1. The number of sulfonamides is 1. The minimum atomic E-state index is -3.21. The van der Waals surface area contributed by atoms with Crippen LogP contribution in [0.2, 0.25) is 0 Å². The molecule has 0 bridgehead atoms. The molecule has 1 aliphatic rings. The van der Waals surface area contributed by atoms with Crippen molar-refractivity contribution in [1.29, 1.82) is 0 Å². The Kier molecular flexibility index (Phi) is 2.87. The number of halogens is 1. The lowest BCUT2D eigenvalue weighted by Crippen LogP contribution is -2.38. The van der Waals surface area contributed by atoms with Gasteiger partial charge in [0.05, 0.1) is 6.26 Å². The van der Waals surface area contributed by atoms with Gasteiger partial charge in [0.1, 0.15) is 5.82 Å². The highest BCUT2D eigenvalue weighted by Gasteiger charge is 2.24. The van der Waals surface area contributed by atoms with Crippen molar-refractivity contribution in [2.75, 3.05) is 6.26 Å². The van der Waals surface area contributed by atoms with Gasteiger partial charge in [-0.3, -0.25) is 0 Å². The van der Waals surface area contributed by atoms with E-state index in [1.54, 1.807) is 6.07 Å². The second kappa shape index (κ2) is 4.31. The Morgan fingerprint density at radius 3 is 2.95 bits per heavy atom. The lowest BCUT2D eigenvalue weighted by atomic mass is 9.92. The Labute approximate surface area is 111 Å². The molecule has 3 rings (SSSR count). The zero-order valence-corrected chi connectivity index (χ0v) is 11.3. The number of benzene rings is 1. The predicted molar refractivity (Wildman–Crippen MR) is 72.0 cm³/mol. The summed E-state index contributed by atoms with van der Waals surface area (Å²) in [5.74, 6) is -0.271. The molecule has 0 saturated carbocycles. The molecule has 0 radical (unpaired) electrons. The fourth-order valence-electron chi connectivity index (χ4n) is 2.79. The number of H-pyrrole nitrogens is 1. The largest absolute Gasteiger partial charge is 0.358 e. The third kappa shape index (κ3) is 2.50. The monoisotopic (exact) mass is 282 g/mol. The molecule has 102 valence electrons. The third-order valence-electron chi connectivity index (χ3n) is 3.53. The molecule has 0 spiro atoms. The molecule has 1 unspecified atom stereocenters. The first-order chi connectivity index (χ1) is 8.92. The number of aromatic amines is 1. The Bertz CT molecular complexity index is 736. The van der Waals surface area contributed by atoms with E-state index < -0.39 is 10.0 Å². The summed E-state index contributed by atoms with van der Waals surface area (Å²) in [5.41, 5.74) is 3.03. The molecule has 1 aromatic carbocycles. The molecule has 1 atom stereocenters. The van der Waals surface area contributed by atoms with Gasteiger partial charge in [0, 0.05) is 22.6 Å². The van der Waals surface area contributed by atoms with Crippen LogP contribution in [-0.4, -0.2) is 25.7 Å². The summed E-state index contributed by atoms with van der Waals surface area (Å²) in [6, 6.07) is 4.55. The molecule has 4 nitrogen and oxygen atoms in total. The van der Waals surface area contributed by atoms with E-state index in [9.17, 15) is 12.8 Å². The number of aryl methyl sites for hydroxylation is 1. The standard InChI is InChI=1S/C13H15FN2O2S/c1-19(17,18)16-9-3-5-13-11(7-9)10-6-8(14)2-4-12(10)15-13/h2,4,6,9,15-16H,3,5,7H2,1H3. The highest BCUT2D eigenvalue weighted by Crippen LogP contribution is 2.29. The molecule has 0 amide bonds. The maximum absolute atomic E-state index is 13.3. The average molecular weight is 282 g/mol. The molecule has 2 N–H and O–H groups in total. The molecule has 0 saturated heterocycles. The van der Waals surface area contributed by atoms with Crippen LogP contribution < -0.4 is 4.72 Å². The predicted octanol–water partition coefficient (Wildman–Crippen LogP) is 1.71. The molecule has 0 aliphatic heterocycles. The summed E-state index contributed by atoms with van der Waals surface area (Å²) in [7, 11) is -3.21. The first-order valence-electron chi connectivity index (χ1n) is 6.19. The first-order valence-corrected chi connectivity index (χ1v) is 8.08. The Balaban J connectivity index is 1.99. The molecule has 2 aromatic rings. The number of nitrogens with one attached hydrogen (secondary N) is 2. The maximum atomic E-state index is 13.3. The molecule has 1 heterocycles. The van der Waals surface area contributed by atoms with E-state index in [0.717, 1.165) is 41.3 Å². The van der Waals surface area contributed by atoms with Crippen LogP contribution >= 0.6 is 0 Å². The normalized spacial score (nSPS) is 19.6. The van der Waals surface area contributed by atoms with Gasteiger partial charge in [0.2, 0.25) is 10.0 Å². The summed E-state index contributed by atoms with van der Waals surface area (Å²) in [4.78, 5) is 3.28. The Morgan fingerprint density at radius 1 is 1.42 bits per heavy atom. The van der Waals surface area contributed by atoms with Crippen LogP contribution in [0, 0.1) is 5.82 Å². The molecule has 0 fully saturated rings. The summed E-state index contributed by atoms with van der Waals surface area (Å²) in [6.07, 6.45) is 3.30. The lowest BCUT2D eigenvalue weighted by molar-refractivity contribution is 0.509. The summed E-state index contributed by atoms with van der Waals surface area (Å²) in [5, 5.41) is 0.856. The van der Waals surface area contributed by atoms with Gasteiger partial charge in [0.25, 0.3) is 0 Å². The maximum Gasteiger partial charge on any atom is 0.208 e. The molecule has 1 aromatic heterocycles. The molecule has 19 heavy (non-hydrogen) atoms. The van der Waals surface area contributed by atoms with Crippen molar-refractivity contribution in [2.45, 2.75) is 25.3 Å². The summed E-state index contributed by atoms with van der Waals surface area (Å²) >= 11 is 0. The van der Waals surface area contributed by atoms with Crippen LogP contribution in [0.1, 0.15) is 17.7 Å². The third-order valence-corrected chi connectivity index (χ3v) is 4.29. The van der Waals surface area contributed by atoms with Crippen molar-refractivity contribution < 1.29 is 12.8 Å². The van der Waals surface area contributed by atoms with E-state index in [2.05, 4.69) is 9.71 Å². The van der Waals surface area contributed by atoms with Crippen LogP contribution in [0.25, 0.3) is 10.9 Å². The van der Waals surface area contributed by atoms with E-state index >= 15 is 0 Å². The Morgan fingerprint density at radius 2 is 2.21 bits per heavy atom. The van der Waals surface area contributed by atoms with E-state index in [0.29, 0.717) is 6.42 Å². The minimum absolute atomic E-state index is 0.107. The highest BCUT2D eigenvalue weighted by atomic mass is 32.2. The summed E-state index contributed by atoms with van der Waals surface area (Å²) in [6.45, 7) is 0. The van der Waals surface area contributed by atoms with E-state index in [1.165, 1.54) is 12.1 Å². The van der Waals surface area contributed by atoms with Gasteiger partial charge in [-0.05, 0) is 43.0 Å². The van der Waals surface area contributed by atoms with Crippen molar-refractivity contribution in [1.82, 2.24) is 9.71 Å². The second-order valence-electron chi connectivity index (χ2n) is 5.10. The quantitative estimate of drug-likeness (QED) is 0.881. The van der Waals surface area contributed by atoms with E-state index in [-0.39, 0.29) is 11.9 Å². The van der Waals surface area contributed by atoms with Crippen molar-refractivity contribution in [3.05, 3.63) is 35.3 Å². The van der Waals surface area contributed by atoms with Gasteiger partial charge < -0.3 is 4.98 Å². The zero-order valence-electron chi connectivity index (χ0n) is 10.5. The average Bonchev–Trinajstić information content (AvgIpc) is 2.65. The van der Waals surface area contributed by atoms with Gasteiger partial charge in [-0.1, -0.05) is 0 Å². The smallest absolute Gasteiger partial charge is 0.208 e. The number of hydrogen-bond donors (Lipinski definition) is 2. The van der Waals surface area contributed by atoms with Gasteiger partial charge in [-0.25, -0.2) is 17.5 Å². The topological polar surface area (TPSA) is 62.0 Å². The van der Waals surface area contributed by atoms with Crippen LogP contribution in [0.15, 0.2) is 18.2 Å². The fourth-order valence-corrected chi connectivity index (χ4v) is 3.60. The van der Waals surface area contributed by atoms with Crippen LogP contribution in [-0.2, 0) is 22.9 Å². The number of fused-ring (bicyclic) bond motifs is 3. The summed E-state index contributed by atoms with van der Waals surface area (Å²) < 4.78 is 38.5. The van der Waals surface area contributed by atoms with Gasteiger partial charge in [0.15, 0.2) is 0 Å². The fraction of sp³-hybridized carbons (Fsp3) is 0.385. The molecular formula is C13H15FN2O2S. The van der Waals surface area contributed by atoms with E-state index in [4.69, 9.17) is 0 Å². The van der Waals surface area contributed by atoms with Crippen molar-refractivity contribution >= 4 is 20.9 Å². The van der Waals surface area contributed by atoms with Crippen molar-refractivity contribution in [2.24, 2.45) is 0 Å². The minimum Gasteiger partial charge on any atom is -0.358 e. The first kappa shape index (κ1) is 12.6. The van der Waals surface area contributed by atoms with Gasteiger partial charge >= 0.3 is 0 Å². The highest BCUT2D eigenvalue weighted by molar-refractivity contribution is 7.88. The van der Waals surface area contributed by atoms with Gasteiger partial charge in [-0.2, -0.15) is 0 Å². The SMILES string of the molecule is CS(=O)(=O)NC1CCc2[nH]c3ccc(F)cc3c2C1.